The summed E-state index contributed by atoms with van der Waals surface area (Å²) < 4.78 is 5.71. The van der Waals surface area contributed by atoms with E-state index < -0.39 is 12.1 Å². The van der Waals surface area contributed by atoms with Crippen molar-refractivity contribution in [1.29, 1.82) is 0 Å². The van der Waals surface area contributed by atoms with E-state index in [2.05, 4.69) is 0 Å². The number of aliphatic hydroxyl groups excluding tert-OH is 1. The summed E-state index contributed by atoms with van der Waals surface area (Å²) in [6.45, 7) is 0. The number of hydrogen-bond acceptors (Lipinski definition) is 3. The highest BCUT2D eigenvalue weighted by Gasteiger charge is 2.25. The number of aromatic carboxylic acids is 1. The van der Waals surface area contributed by atoms with Gasteiger partial charge in [-0.15, -0.1) is 0 Å². The van der Waals surface area contributed by atoms with Crippen molar-refractivity contribution in [1.82, 2.24) is 0 Å². The van der Waals surface area contributed by atoms with Crippen molar-refractivity contribution in [3.8, 4) is 5.75 Å². The van der Waals surface area contributed by atoms with Crippen LogP contribution in [0, 0.1) is 0 Å². The van der Waals surface area contributed by atoms with Crippen molar-refractivity contribution in [2.75, 3.05) is 0 Å². The fraction of sp³-hybridized carbons (Fsp3) is 0.500. The second kappa shape index (κ2) is 6.26. The van der Waals surface area contributed by atoms with E-state index in [0.717, 1.165) is 25.7 Å². The van der Waals surface area contributed by atoms with Gasteiger partial charge in [0.2, 0.25) is 0 Å². The quantitative estimate of drug-likeness (QED) is 0.837. The molecule has 19 heavy (non-hydrogen) atoms. The van der Waals surface area contributed by atoms with Crippen molar-refractivity contribution < 1.29 is 19.7 Å². The highest BCUT2D eigenvalue weighted by molar-refractivity contribution is 6.33. The van der Waals surface area contributed by atoms with Crippen LogP contribution in [-0.2, 0) is 0 Å². The number of ether oxygens (including phenoxy) is 1. The molecule has 5 heteroatoms. The van der Waals surface area contributed by atoms with Crippen LogP contribution in [0.15, 0.2) is 18.2 Å². The number of rotatable bonds is 3. The van der Waals surface area contributed by atoms with Gasteiger partial charge >= 0.3 is 5.97 Å². The van der Waals surface area contributed by atoms with Gasteiger partial charge in [0.05, 0.1) is 11.1 Å². The van der Waals surface area contributed by atoms with Crippen LogP contribution < -0.4 is 4.74 Å². The van der Waals surface area contributed by atoms with Crippen molar-refractivity contribution in [2.24, 2.45) is 0 Å². The van der Waals surface area contributed by atoms with Gasteiger partial charge in [0.25, 0.3) is 0 Å². The van der Waals surface area contributed by atoms with Gasteiger partial charge in [-0.3, -0.25) is 0 Å². The third-order valence-corrected chi connectivity index (χ3v) is 3.70. The Labute approximate surface area is 117 Å². The first-order valence-electron chi connectivity index (χ1n) is 6.46. The van der Waals surface area contributed by atoms with Crippen molar-refractivity contribution in [3.05, 3.63) is 28.8 Å². The van der Waals surface area contributed by atoms with Crippen LogP contribution in [0.4, 0.5) is 0 Å². The van der Waals surface area contributed by atoms with Crippen LogP contribution in [0.3, 0.4) is 0 Å². The third kappa shape index (κ3) is 3.39. The van der Waals surface area contributed by atoms with Gasteiger partial charge in [0, 0.05) is 0 Å². The van der Waals surface area contributed by atoms with E-state index >= 15 is 0 Å². The number of aliphatic hydroxyl groups is 1. The summed E-state index contributed by atoms with van der Waals surface area (Å²) in [4.78, 5) is 11.2. The number of halogens is 1. The zero-order valence-corrected chi connectivity index (χ0v) is 11.3. The lowest BCUT2D eigenvalue weighted by atomic mass is 10.1. The Bertz CT molecular complexity index is 461. The van der Waals surface area contributed by atoms with Crippen LogP contribution >= 0.6 is 11.6 Å². The Morgan fingerprint density at radius 2 is 2.00 bits per heavy atom. The Hall–Kier alpha value is -1.26. The summed E-state index contributed by atoms with van der Waals surface area (Å²) in [6.07, 6.45) is 3.52. The van der Waals surface area contributed by atoms with Crippen molar-refractivity contribution in [2.45, 2.75) is 44.3 Å². The molecule has 2 N–H and O–H groups in total. The molecule has 0 aromatic heterocycles. The van der Waals surface area contributed by atoms with Crippen LogP contribution in [0.2, 0.25) is 5.02 Å². The average molecular weight is 285 g/mol. The van der Waals surface area contributed by atoms with E-state index in [9.17, 15) is 15.0 Å². The first-order chi connectivity index (χ1) is 9.09. The largest absolute Gasteiger partial charge is 0.487 e. The lowest BCUT2D eigenvalue weighted by molar-refractivity contribution is 0.0305. The minimum Gasteiger partial charge on any atom is -0.487 e. The smallest absolute Gasteiger partial charge is 0.341 e. The van der Waals surface area contributed by atoms with Crippen LogP contribution in [-0.4, -0.2) is 28.4 Å². The standard InChI is InChI=1S/C14H17ClO4/c15-9-5-4-8-12(13(9)14(17)18)19-11-7-3-1-2-6-10(11)16/h4-5,8,10-11,16H,1-3,6-7H2,(H,17,18). The van der Waals surface area contributed by atoms with Crippen LogP contribution in [0.5, 0.6) is 5.75 Å². The summed E-state index contributed by atoms with van der Waals surface area (Å²) in [7, 11) is 0. The normalized spacial score (nSPS) is 23.7. The fourth-order valence-electron chi connectivity index (χ4n) is 2.36. The maximum Gasteiger partial charge on any atom is 0.341 e. The highest BCUT2D eigenvalue weighted by Crippen LogP contribution is 2.30. The van der Waals surface area contributed by atoms with E-state index in [-0.39, 0.29) is 22.4 Å². The molecule has 0 saturated heterocycles. The molecule has 0 amide bonds. The summed E-state index contributed by atoms with van der Waals surface area (Å²) in [6, 6.07) is 4.74. The van der Waals surface area contributed by atoms with Gasteiger partial charge < -0.3 is 14.9 Å². The topological polar surface area (TPSA) is 66.8 Å². The summed E-state index contributed by atoms with van der Waals surface area (Å²) >= 11 is 5.89. The average Bonchev–Trinajstić information content (AvgIpc) is 2.54. The first-order valence-corrected chi connectivity index (χ1v) is 6.84. The zero-order chi connectivity index (χ0) is 13.8. The van der Waals surface area contributed by atoms with Crippen LogP contribution in [0.1, 0.15) is 42.5 Å². The van der Waals surface area contributed by atoms with Crippen LogP contribution in [0.25, 0.3) is 0 Å². The van der Waals surface area contributed by atoms with Gasteiger partial charge in [-0.1, -0.05) is 30.5 Å². The molecule has 1 saturated carbocycles. The highest BCUT2D eigenvalue weighted by atomic mass is 35.5. The summed E-state index contributed by atoms with van der Waals surface area (Å²) in [5, 5.41) is 19.3. The zero-order valence-electron chi connectivity index (χ0n) is 10.5. The number of carbonyl (C=O) groups is 1. The maximum absolute atomic E-state index is 11.2. The Morgan fingerprint density at radius 3 is 2.74 bits per heavy atom. The summed E-state index contributed by atoms with van der Waals surface area (Å²) in [5.41, 5.74) is -0.0411. The third-order valence-electron chi connectivity index (χ3n) is 3.39. The number of carboxylic acids is 1. The molecule has 2 unspecified atom stereocenters. The Balaban J connectivity index is 2.22. The van der Waals surface area contributed by atoms with E-state index in [1.165, 1.54) is 6.07 Å². The first kappa shape index (κ1) is 14.2. The monoisotopic (exact) mass is 284 g/mol. The fourth-order valence-corrected chi connectivity index (χ4v) is 2.61. The molecule has 104 valence electrons. The molecule has 4 nitrogen and oxygen atoms in total. The number of carboxylic acid groups (broad SMARTS) is 1. The molecule has 1 aliphatic carbocycles. The minimum atomic E-state index is -1.12. The van der Waals surface area contributed by atoms with Gasteiger partial charge in [0.1, 0.15) is 17.4 Å². The molecule has 0 bridgehead atoms. The van der Waals surface area contributed by atoms with Gasteiger partial charge in [-0.05, 0) is 31.4 Å². The van der Waals surface area contributed by atoms with Gasteiger partial charge in [-0.2, -0.15) is 0 Å². The second-order valence-electron chi connectivity index (χ2n) is 4.78. The molecule has 0 spiro atoms. The molecule has 0 heterocycles. The van der Waals surface area contributed by atoms with E-state index in [1.54, 1.807) is 12.1 Å². The predicted molar refractivity (Wildman–Crippen MR) is 71.9 cm³/mol. The molecule has 1 aromatic carbocycles. The molecule has 1 aromatic rings. The molecular weight excluding hydrogens is 268 g/mol. The molecule has 2 atom stereocenters. The number of benzene rings is 1. The summed E-state index contributed by atoms with van der Waals surface area (Å²) in [5.74, 6) is -0.894. The Morgan fingerprint density at radius 1 is 1.26 bits per heavy atom. The minimum absolute atomic E-state index is 0.0411. The SMILES string of the molecule is O=C(O)c1c(Cl)cccc1OC1CCCCCC1O. The molecule has 1 aliphatic rings. The van der Waals surface area contributed by atoms with E-state index in [1.807, 2.05) is 0 Å². The molecule has 0 aliphatic heterocycles. The molecular formula is C14H17ClO4. The molecule has 1 fully saturated rings. The van der Waals surface area contributed by atoms with E-state index in [0.29, 0.717) is 6.42 Å². The van der Waals surface area contributed by atoms with E-state index in [4.69, 9.17) is 16.3 Å². The van der Waals surface area contributed by atoms with Crippen molar-refractivity contribution in [3.63, 3.8) is 0 Å². The number of hydrogen-bond donors (Lipinski definition) is 2. The lowest BCUT2D eigenvalue weighted by Crippen LogP contribution is -2.31. The molecule has 0 radical (unpaired) electrons. The van der Waals surface area contributed by atoms with Gasteiger partial charge in [0.15, 0.2) is 0 Å². The predicted octanol–water partition coefficient (Wildman–Crippen LogP) is 3.11. The van der Waals surface area contributed by atoms with Gasteiger partial charge in [-0.25, -0.2) is 4.79 Å². The Kier molecular flexibility index (Phi) is 4.66. The maximum atomic E-state index is 11.2. The molecule has 2 rings (SSSR count). The lowest BCUT2D eigenvalue weighted by Gasteiger charge is -2.23. The second-order valence-corrected chi connectivity index (χ2v) is 5.19. The van der Waals surface area contributed by atoms with Crippen molar-refractivity contribution >= 4 is 17.6 Å².